The zero-order chi connectivity index (χ0) is 14.8. The molecular formula is C18H21NOS. The molecule has 0 spiro atoms. The predicted octanol–water partition coefficient (Wildman–Crippen LogP) is 3.50. The minimum Gasteiger partial charge on any atom is -0.306 e. The first-order chi connectivity index (χ1) is 10.2. The van der Waals surface area contributed by atoms with Crippen LogP contribution in [-0.2, 0) is 10.8 Å². The molecule has 2 atom stereocenters. The summed E-state index contributed by atoms with van der Waals surface area (Å²) in [5, 5.41) is 3.89. The van der Waals surface area contributed by atoms with Crippen molar-refractivity contribution in [3.8, 4) is 11.1 Å². The minimum absolute atomic E-state index is 0.240. The van der Waals surface area contributed by atoms with Crippen LogP contribution in [0.5, 0.6) is 0 Å². The average molecular weight is 299 g/mol. The monoisotopic (exact) mass is 299 g/mol. The average Bonchev–Trinajstić information content (AvgIpc) is 2.82. The summed E-state index contributed by atoms with van der Waals surface area (Å²) < 4.78 is 11.5. The van der Waals surface area contributed by atoms with E-state index < -0.39 is 10.8 Å². The fourth-order valence-corrected chi connectivity index (χ4v) is 3.42. The molecular weight excluding hydrogens is 278 g/mol. The van der Waals surface area contributed by atoms with Gasteiger partial charge >= 0.3 is 0 Å². The molecule has 1 aliphatic rings. The van der Waals surface area contributed by atoms with Crippen molar-refractivity contribution in [1.29, 1.82) is 0 Å². The molecule has 1 N–H and O–H groups in total. The Balaban J connectivity index is 1.81. The maximum Gasteiger partial charge on any atom is 0.0588 e. The molecule has 0 aromatic heterocycles. The van der Waals surface area contributed by atoms with Gasteiger partial charge in [-0.2, -0.15) is 0 Å². The summed E-state index contributed by atoms with van der Waals surface area (Å²) in [6.07, 6.45) is 2.72. The Morgan fingerprint density at radius 2 is 1.57 bits per heavy atom. The van der Waals surface area contributed by atoms with E-state index in [1.54, 1.807) is 6.26 Å². The highest BCUT2D eigenvalue weighted by Gasteiger charge is 2.27. The van der Waals surface area contributed by atoms with Crippen LogP contribution in [0.1, 0.15) is 30.5 Å². The zero-order valence-electron chi connectivity index (χ0n) is 12.5. The standard InChI is InChI=1S/C18H21NOS/c1-13(21(2)20)11-12-19-18-16-9-5-3-7-14(16)15-8-4-6-10-17(15)18/h3-10,13,18-19H,11-12H2,1-2H3/t13-,21+/m0/s1. The summed E-state index contributed by atoms with van der Waals surface area (Å²) >= 11 is 0. The molecule has 3 rings (SSSR count). The molecule has 1 aliphatic carbocycles. The van der Waals surface area contributed by atoms with E-state index in [1.165, 1.54) is 22.3 Å². The predicted molar refractivity (Wildman–Crippen MR) is 89.9 cm³/mol. The van der Waals surface area contributed by atoms with Crippen molar-refractivity contribution in [2.45, 2.75) is 24.6 Å². The Bertz CT molecular complexity index is 622. The Labute approximate surface area is 129 Å². The normalized spacial score (nSPS) is 16.3. The number of rotatable bonds is 5. The van der Waals surface area contributed by atoms with Crippen molar-refractivity contribution in [2.75, 3.05) is 12.8 Å². The van der Waals surface area contributed by atoms with Crippen LogP contribution in [0.2, 0.25) is 0 Å². The number of nitrogens with one attached hydrogen (secondary N) is 1. The van der Waals surface area contributed by atoms with E-state index in [4.69, 9.17) is 0 Å². The molecule has 2 nitrogen and oxygen atoms in total. The van der Waals surface area contributed by atoms with Crippen LogP contribution >= 0.6 is 0 Å². The van der Waals surface area contributed by atoms with E-state index in [0.29, 0.717) is 0 Å². The molecule has 110 valence electrons. The molecule has 0 bridgehead atoms. The van der Waals surface area contributed by atoms with E-state index in [-0.39, 0.29) is 11.3 Å². The Morgan fingerprint density at radius 3 is 2.10 bits per heavy atom. The second-order valence-corrected chi connectivity index (χ2v) is 7.46. The van der Waals surface area contributed by atoms with Crippen LogP contribution < -0.4 is 5.32 Å². The lowest BCUT2D eigenvalue weighted by Gasteiger charge is -2.17. The van der Waals surface area contributed by atoms with Crippen molar-refractivity contribution in [1.82, 2.24) is 5.32 Å². The molecule has 0 aliphatic heterocycles. The second kappa shape index (κ2) is 6.12. The first kappa shape index (κ1) is 14.5. The summed E-state index contributed by atoms with van der Waals surface area (Å²) in [7, 11) is -0.744. The molecule has 2 aromatic rings. The maximum atomic E-state index is 11.5. The van der Waals surface area contributed by atoms with Gasteiger partial charge in [-0.25, -0.2) is 0 Å². The molecule has 0 fully saturated rings. The highest BCUT2D eigenvalue weighted by atomic mass is 32.2. The lowest BCUT2D eigenvalue weighted by molar-refractivity contribution is 0.584. The molecule has 0 saturated carbocycles. The summed E-state index contributed by atoms with van der Waals surface area (Å²) in [6.45, 7) is 2.93. The third-order valence-electron chi connectivity index (χ3n) is 4.30. The molecule has 2 aromatic carbocycles. The van der Waals surface area contributed by atoms with Gasteiger partial charge in [0, 0.05) is 22.3 Å². The summed E-state index contributed by atoms with van der Waals surface area (Å²) in [6, 6.07) is 17.4. The van der Waals surface area contributed by atoms with E-state index >= 15 is 0 Å². The second-order valence-electron chi connectivity index (χ2n) is 5.66. The molecule has 0 radical (unpaired) electrons. The number of hydrogen-bond donors (Lipinski definition) is 1. The van der Waals surface area contributed by atoms with E-state index in [9.17, 15) is 4.21 Å². The molecule has 0 saturated heterocycles. The van der Waals surface area contributed by atoms with Gasteiger partial charge in [-0.1, -0.05) is 55.5 Å². The highest BCUT2D eigenvalue weighted by Crippen LogP contribution is 2.42. The van der Waals surface area contributed by atoms with Crippen molar-refractivity contribution in [3.05, 3.63) is 59.7 Å². The fourth-order valence-electron chi connectivity index (χ4n) is 2.97. The Hall–Kier alpha value is -1.45. The van der Waals surface area contributed by atoms with Gasteiger partial charge in [0.25, 0.3) is 0 Å². The lowest BCUT2D eigenvalue weighted by atomic mass is 10.1. The van der Waals surface area contributed by atoms with Crippen molar-refractivity contribution in [3.63, 3.8) is 0 Å². The van der Waals surface area contributed by atoms with Crippen LogP contribution in [-0.4, -0.2) is 22.3 Å². The Kier molecular flexibility index (Phi) is 4.22. The molecule has 3 heteroatoms. The van der Waals surface area contributed by atoms with Crippen LogP contribution in [0.25, 0.3) is 11.1 Å². The Morgan fingerprint density at radius 1 is 1.05 bits per heavy atom. The van der Waals surface area contributed by atoms with E-state index in [0.717, 1.165) is 13.0 Å². The van der Waals surface area contributed by atoms with Gasteiger partial charge in [0.05, 0.1) is 6.04 Å². The molecule has 0 heterocycles. The van der Waals surface area contributed by atoms with Crippen molar-refractivity contribution >= 4 is 10.8 Å². The van der Waals surface area contributed by atoms with Gasteiger partial charge in [-0.3, -0.25) is 4.21 Å². The van der Waals surface area contributed by atoms with E-state index in [1.807, 2.05) is 6.92 Å². The van der Waals surface area contributed by atoms with Crippen LogP contribution in [0.3, 0.4) is 0 Å². The van der Waals surface area contributed by atoms with Gasteiger partial charge in [0.2, 0.25) is 0 Å². The maximum absolute atomic E-state index is 11.5. The van der Waals surface area contributed by atoms with Gasteiger partial charge in [-0.15, -0.1) is 0 Å². The van der Waals surface area contributed by atoms with Gasteiger partial charge in [0.15, 0.2) is 0 Å². The lowest BCUT2D eigenvalue weighted by Crippen LogP contribution is -2.25. The smallest absolute Gasteiger partial charge is 0.0588 e. The van der Waals surface area contributed by atoms with Crippen molar-refractivity contribution < 1.29 is 4.21 Å². The van der Waals surface area contributed by atoms with Gasteiger partial charge in [-0.05, 0) is 35.2 Å². The summed E-state index contributed by atoms with van der Waals surface area (Å²) in [4.78, 5) is 0. The zero-order valence-corrected chi connectivity index (χ0v) is 13.3. The molecule has 21 heavy (non-hydrogen) atoms. The number of benzene rings is 2. The third kappa shape index (κ3) is 2.81. The summed E-state index contributed by atoms with van der Waals surface area (Å²) in [5.74, 6) is 0. The summed E-state index contributed by atoms with van der Waals surface area (Å²) in [5.41, 5.74) is 5.36. The van der Waals surface area contributed by atoms with Crippen molar-refractivity contribution in [2.24, 2.45) is 0 Å². The van der Waals surface area contributed by atoms with Crippen LogP contribution in [0, 0.1) is 0 Å². The van der Waals surface area contributed by atoms with Gasteiger partial charge < -0.3 is 5.32 Å². The first-order valence-electron chi connectivity index (χ1n) is 7.42. The molecule has 0 amide bonds. The number of fused-ring (bicyclic) bond motifs is 3. The number of hydrogen-bond acceptors (Lipinski definition) is 2. The largest absolute Gasteiger partial charge is 0.306 e. The fraction of sp³-hybridized carbons (Fsp3) is 0.333. The SMILES string of the molecule is C[C@@H](CCNC1c2ccccc2-c2ccccc21)[S@@](C)=O. The first-order valence-corrected chi connectivity index (χ1v) is 9.04. The van der Waals surface area contributed by atoms with Crippen LogP contribution in [0.15, 0.2) is 48.5 Å². The quantitative estimate of drug-likeness (QED) is 0.915. The topological polar surface area (TPSA) is 29.1 Å². The molecule has 0 unspecified atom stereocenters. The van der Waals surface area contributed by atoms with Gasteiger partial charge in [0.1, 0.15) is 0 Å². The highest BCUT2D eigenvalue weighted by molar-refractivity contribution is 7.84. The third-order valence-corrected chi connectivity index (χ3v) is 5.67. The van der Waals surface area contributed by atoms with E-state index in [2.05, 4.69) is 53.8 Å². The van der Waals surface area contributed by atoms with Crippen LogP contribution in [0.4, 0.5) is 0 Å². The minimum atomic E-state index is -0.744.